The molecule has 1 aromatic heterocycles. The molecule has 0 saturated heterocycles. The van der Waals surface area contributed by atoms with Gasteiger partial charge in [0, 0.05) is 0 Å². The van der Waals surface area contributed by atoms with Gasteiger partial charge in [0.2, 0.25) is 0 Å². The van der Waals surface area contributed by atoms with Gasteiger partial charge in [-0.15, -0.1) is 0 Å². The number of aryl methyl sites for hydroxylation is 1. The Balaban J connectivity index is 0.000000821. The Kier molecular flexibility index (Phi) is 10.8. The van der Waals surface area contributed by atoms with Crippen LogP contribution in [0.15, 0.2) is 17.3 Å². The SMILES string of the molecule is CC[NH+](CC)CC.Cc1cc(C(C#N)=C(N)C(=C=[N-])C#N)nc(Cl)c1C#N. The summed E-state index contributed by atoms with van der Waals surface area (Å²) in [5.74, 6) is 1.60. The van der Waals surface area contributed by atoms with Crippen LogP contribution in [-0.4, -0.2) is 30.5 Å². The standard InChI is InChI=1S/C13H6ClN6.C6H15N/c1-7-2-11(20-13(14)9(7)5-17)10(6-18)12(19)8(3-15)4-16;1-4-7(5-2)6-3/h2H,19H2,1H3;4-6H2,1-3H3/q-1;/p+1. The van der Waals surface area contributed by atoms with Crippen LogP contribution >= 0.6 is 11.6 Å². The average Bonchev–Trinajstić information content (AvgIpc) is 2.65. The van der Waals surface area contributed by atoms with E-state index >= 15 is 0 Å². The van der Waals surface area contributed by atoms with E-state index < -0.39 is 0 Å². The van der Waals surface area contributed by atoms with Crippen molar-refractivity contribution >= 4 is 23.0 Å². The lowest BCUT2D eigenvalue weighted by Gasteiger charge is -2.10. The van der Waals surface area contributed by atoms with E-state index in [4.69, 9.17) is 38.5 Å². The maximum Gasteiger partial charge on any atom is 0.147 e. The summed E-state index contributed by atoms with van der Waals surface area (Å²) in [4.78, 5) is 5.58. The van der Waals surface area contributed by atoms with Gasteiger partial charge < -0.3 is 16.0 Å². The molecular weight excluding hydrogens is 362 g/mol. The van der Waals surface area contributed by atoms with Crippen LogP contribution in [-0.2, 0) is 0 Å². The van der Waals surface area contributed by atoms with Crippen LogP contribution in [0.2, 0.25) is 5.15 Å². The van der Waals surface area contributed by atoms with Crippen molar-refractivity contribution in [1.82, 2.24) is 4.98 Å². The first-order valence-electron chi connectivity index (χ1n) is 8.33. The molecule has 0 unspecified atom stereocenters. The second-order valence-corrected chi connectivity index (χ2v) is 5.77. The fourth-order valence-corrected chi connectivity index (χ4v) is 2.45. The van der Waals surface area contributed by atoms with E-state index in [0.29, 0.717) is 5.56 Å². The second-order valence-electron chi connectivity index (χ2n) is 5.41. The lowest BCUT2D eigenvalue weighted by atomic mass is 10.0. The third-order valence-corrected chi connectivity index (χ3v) is 4.19. The highest BCUT2D eigenvalue weighted by Gasteiger charge is 2.15. The maximum absolute atomic E-state index is 9.13. The van der Waals surface area contributed by atoms with Gasteiger partial charge in [0.05, 0.1) is 42.2 Å². The van der Waals surface area contributed by atoms with Gasteiger partial charge in [-0.3, -0.25) is 0 Å². The summed E-state index contributed by atoms with van der Waals surface area (Å²) in [7, 11) is 0. The zero-order chi connectivity index (χ0) is 21.0. The summed E-state index contributed by atoms with van der Waals surface area (Å²) in [5.41, 5.74) is 5.63. The van der Waals surface area contributed by atoms with Crippen LogP contribution in [0.25, 0.3) is 11.0 Å². The molecule has 0 radical (unpaired) electrons. The van der Waals surface area contributed by atoms with Gasteiger partial charge in [-0.1, -0.05) is 11.6 Å². The summed E-state index contributed by atoms with van der Waals surface area (Å²) in [6, 6.07) is 6.72. The largest absolute Gasteiger partial charge is 0.762 e. The van der Waals surface area contributed by atoms with Crippen molar-refractivity contribution < 1.29 is 4.90 Å². The number of nitriles is 3. The molecule has 8 heteroatoms. The Hall–Kier alpha value is -3.14. The predicted octanol–water partition coefficient (Wildman–Crippen LogP) is 1.73. The number of halogens is 1. The summed E-state index contributed by atoms with van der Waals surface area (Å²) < 4.78 is 0. The summed E-state index contributed by atoms with van der Waals surface area (Å²) in [5, 5.41) is 35.5. The number of aromatic nitrogens is 1. The first-order valence-corrected chi connectivity index (χ1v) is 8.71. The van der Waals surface area contributed by atoms with E-state index in [1.165, 1.54) is 25.7 Å². The first-order chi connectivity index (χ1) is 12.8. The van der Waals surface area contributed by atoms with Crippen LogP contribution in [0.3, 0.4) is 0 Å². The van der Waals surface area contributed by atoms with E-state index in [9.17, 15) is 0 Å². The summed E-state index contributed by atoms with van der Waals surface area (Å²) in [6.07, 6.45) is 0. The third kappa shape index (κ3) is 6.59. The van der Waals surface area contributed by atoms with Gasteiger partial charge in [0.25, 0.3) is 0 Å². The Morgan fingerprint density at radius 2 is 1.74 bits per heavy atom. The van der Waals surface area contributed by atoms with E-state index in [0.717, 1.165) is 0 Å². The number of allylic oxidation sites excluding steroid dienone is 2. The van der Waals surface area contributed by atoms with Crippen molar-refractivity contribution in [2.75, 3.05) is 19.6 Å². The van der Waals surface area contributed by atoms with Crippen molar-refractivity contribution in [1.29, 1.82) is 15.8 Å². The maximum atomic E-state index is 9.13. The fraction of sp³-hybridized carbons (Fsp3) is 0.368. The van der Waals surface area contributed by atoms with E-state index in [1.54, 1.807) is 29.8 Å². The minimum Gasteiger partial charge on any atom is -0.762 e. The Morgan fingerprint density at radius 1 is 1.19 bits per heavy atom. The zero-order valence-electron chi connectivity index (χ0n) is 15.9. The molecule has 1 rings (SSSR count). The van der Waals surface area contributed by atoms with Crippen molar-refractivity contribution in [2.45, 2.75) is 27.7 Å². The van der Waals surface area contributed by atoms with Gasteiger partial charge in [-0.25, -0.2) is 10.9 Å². The Morgan fingerprint density at radius 3 is 2.04 bits per heavy atom. The van der Waals surface area contributed by atoms with Crippen LogP contribution in [0.4, 0.5) is 0 Å². The molecule has 0 aliphatic carbocycles. The molecule has 1 aromatic rings. The minimum atomic E-state index is -0.388. The Labute approximate surface area is 165 Å². The first kappa shape index (κ1) is 23.9. The molecular formula is C19H22ClN7. The van der Waals surface area contributed by atoms with E-state index in [1.807, 2.05) is 6.07 Å². The number of nitrogens with two attached hydrogens (primary N) is 1. The van der Waals surface area contributed by atoms with Gasteiger partial charge >= 0.3 is 0 Å². The van der Waals surface area contributed by atoms with E-state index in [-0.39, 0.29) is 33.3 Å². The number of hydrogen-bond acceptors (Lipinski definition) is 5. The number of pyridine rings is 1. The highest BCUT2D eigenvalue weighted by molar-refractivity contribution is 6.30. The zero-order valence-corrected chi connectivity index (χ0v) is 16.6. The van der Waals surface area contributed by atoms with Crippen molar-refractivity contribution in [3.8, 4) is 18.2 Å². The van der Waals surface area contributed by atoms with Crippen molar-refractivity contribution in [2.24, 2.45) is 5.73 Å². The topological polar surface area (TPSA) is 137 Å². The van der Waals surface area contributed by atoms with Gasteiger partial charge in [0.15, 0.2) is 0 Å². The second kappa shape index (κ2) is 12.3. The van der Waals surface area contributed by atoms with Crippen LogP contribution in [0.1, 0.15) is 37.6 Å². The lowest BCUT2D eigenvalue weighted by molar-refractivity contribution is -0.894. The fourth-order valence-electron chi connectivity index (χ4n) is 2.17. The molecule has 0 aliphatic rings. The quantitative estimate of drug-likeness (QED) is 0.345. The summed E-state index contributed by atoms with van der Waals surface area (Å²) in [6.45, 7) is 12.1. The van der Waals surface area contributed by atoms with Gasteiger partial charge in [0.1, 0.15) is 28.9 Å². The number of nitrogens with one attached hydrogen (secondary N) is 1. The molecule has 0 atom stereocenters. The van der Waals surface area contributed by atoms with Gasteiger partial charge in [-0.2, -0.15) is 15.8 Å². The molecule has 0 bridgehead atoms. The van der Waals surface area contributed by atoms with Crippen LogP contribution in [0.5, 0.6) is 0 Å². The molecule has 27 heavy (non-hydrogen) atoms. The number of rotatable bonds is 5. The average molecular weight is 384 g/mol. The minimum absolute atomic E-state index is 0.0708. The third-order valence-electron chi connectivity index (χ3n) is 3.91. The molecule has 0 spiro atoms. The predicted molar refractivity (Wildman–Crippen MR) is 105 cm³/mol. The number of nitrogens with zero attached hydrogens (tertiary/aromatic N) is 5. The molecule has 0 aliphatic heterocycles. The molecule has 1 heterocycles. The molecule has 140 valence electrons. The van der Waals surface area contributed by atoms with Crippen molar-refractivity contribution in [3.05, 3.63) is 44.7 Å². The van der Waals surface area contributed by atoms with Gasteiger partial charge in [-0.05, 0) is 39.3 Å². The molecule has 7 nitrogen and oxygen atoms in total. The molecule has 0 fully saturated rings. The van der Waals surface area contributed by atoms with Crippen molar-refractivity contribution in [3.63, 3.8) is 0 Å². The molecule has 0 amide bonds. The number of quaternary nitrogens is 1. The summed E-state index contributed by atoms with van der Waals surface area (Å²) >= 11 is 5.84. The Bertz CT molecular complexity index is 842. The molecule has 0 aromatic carbocycles. The number of hydrogen-bond donors (Lipinski definition) is 2. The monoisotopic (exact) mass is 383 g/mol. The van der Waals surface area contributed by atoms with E-state index in [2.05, 4.69) is 25.8 Å². The van der Waals surface area contributed by atoms with Crippen LogP contribution < -0.4 is 10.6 Å². The lowest BCUT2D eigenvalue weighted by Crippen LogP contribution is -3.11. The highest BCUT2D eigenvalue weighted by Crippen LogP contribution is 2.24. The van der Waals surface area contributed by atoms with Crippen LogP contribution in [0, 0.1) is 40.9 Å². The smallest absolute Gasteiger partial charge is 0.147 e. The molecule has 0 saturated carbocycles. The molecule has 3 N–H and O–H groups in total. The highest BCUT2D eigenvalue weighted by atomic mass is 35.5. The normalized spacial score (nSPS) is 10.3.